The molecule has 0 spiro atoms. The minimum atomic E-state index is -0.282. The highest BCUT2D eigenvalue weighted by Gasteiger charge is 2.38. The maximum atomic E-state index is 13.1. The van der Waals surface area contributed by atoms with Crippen LogP contribution in [0.1, 0.15) is 36.6 Å². The summed E-state index contributed by atoms with van der Waals surface area (Å²) in [6, 6.07) is 17.6. The Kier molecular flexibility index (Phi) is 5.47. The summed E-state index contributed by atoms with van der Waals surface area (Å²) < 4.78 is 5.55. The number of amides is 2. The molecule has 7 nitrogen and oxygen atoms in total. The minimum Gasteiger partial charge on any atom is -0.342 e. The Hall–Kier alpha value is -3.48. The molecule has 2 saturated heterocycles. The number of hydrogen-bond acceptors (Lipinski definition) is 5. The molecule has 2 aliphatic heterocycles. The van der Waals surface area contributed by atoms with Gasteiger partial charge in [0.1, 0.15) is 0 Å². The Balaban J connectivity index is 1.19. The van der Waals surface area contributed by atoms with E-state index in [4.69, 9.17) is 4.52 Å². The number of aryl methyl sites for hydroxylation is 1. The van der Waals surface area contributed by atoms with Crippen molar-refractivity contribution in [3.63, 3.8) is 0 Å². The first-order valence-corrected chi connectivity index (χ1v) is 11.1. The number of anilines is 1. The lowest BCUT2D eigenvalue weighted by molar-refractivity contribution is -0.136. The molecule has 2 aromatic carbocycles. The molecule has 0 bridgehead atoms. The second-order valence-corrected chi connectivity index (χ2v) is 8.66. The third kappa shape index (κ3) is 4.02. The molecule has 3 heterocycles. The van der Waals surface area contributed by atoms with Gasteiger partial charge in [0.05, 0.1) is 5.92 Å². The fourth-order valence-corrected chi connectivity index (χ4v) is 4.56. The number of carbonyl (C=O) groups is 2. The highest BCUT2D eigenvalue weighted by Crippen LogP contribution is 2.31. The molecule has 32 heavy (non-hydrogen) atoms. The van der Waals surface area contributed by atoms with Gasteiger partial charge in [-0.1, -0.05) is 53.2 Å². The third-order valence-electron chi connectivity index (χ3n) is 6.45. The van der Waals surface area contributed by atoms with Crippen molar-refractivity contribution in [1.29, 1.82) is 0 Å². The van der Waals surface area contributed by atoms with Crippen LogP contribution in [0.25, 0.3) is 11.4 Å². The van der Waals surface area contributed by atoms with Crippen molar-refractivity contribution < 1.29 is 14.1 Å². The molecular weight excluding hydrogens is 404 g/mol. The normalized spacial score (nSPS) is 19.5. The molecule has 1 aromatic heterocycles. The summed E-state index contributed by atoms with van der Waals surface area (Å²) in [6.07, 6.45) is 1.84. The molecule has 0 aliphatic carbocycles. The van der Waals surface area contributed by atoms with Gasteiger partial charge in [-0.15, -0.1) is 0 Å². The number of carbonyl (C=O) groups excluding carboxylic acids is 2. The van der Waals surface area contributed by atoms with E-state index in [1.807, 2.05) is 66.4 Å². The smallest absolute Gasteiger partial charge is 0.230 e. The van der Waals surface area contributed by atoms with E-state index in [-0.39, 0.29) is 30.1 Å². The molecule has 2 amide bonds. The Morgan fingerprint density at radius 1 is 1.03 bits per heavy atom. The number of rotatable bonds is 4. The number of hydrogen-bond donors (Lipinski definition) is 0. The van der Waals surface area contributed by atoms with Crippen LogP contribution in [-0.2, 0) is 9.59 Å². The molecule has 0 radical (unpaired) electrons. The number of benzene rings is 2. The fourth-order valence-electron chi connectivity index (χ4n) is 4.56. The van der Waals surface area contributed by atoms with E-state index < -0.39 is 0 Å². The Morgan fingerprint density at radius 2 is 1.75 bits per heavy atom. The van der Waals surface area contributed by atoms with Gasteiger partial charge in [-0.25, -0.2) is 0 Å². The average Bonchev–Trinajstić information content (AvgIpc) is 3.47. The average molecular weight is 431 g/mol. The van der Waals surface area contributed by atoms with Gasteiger partial charge >= 0.3 is 0 Å². The van der Waals surface area contributed by atoms with Gasteiger partial charge in [-0.2, -0.15) is 4.98 Å². The third-order valence-corrected chi connectivity index (χ3v) is 6.45. The minimum absolute atomic E-state index is 0.0129. The zero-order chi connectivity index (χ0) is 22.1. The van der Waals surface area contributed by atoms with Gasteiger partial charge < -0.3 is 14.3 Å². The number of nitrogens with zero attached hydrogens (tertiary/aromatic N) is 4. The summed E-state index contributed by atoms with van der Waals surface area (Å²) in [6.45, 7) is 3.77. The molecule has 5 rings (SSSR count). The Morgan fingerprint density at radius 3 is 2.47 bits per heavy atom. The monoisotopic (exact) mass is 430 g/mol. The van der Waals surface area contributed by atoms with Gasteiger partial charge in [0, 0.05) is 43.2 Å². The second kappa shape index (κ2) is 8.57. The highest BCUT2D eigenvalue weighted by atomic mass is 16.5. The molecule has 0 saturated carbocycles. The summed E-state index contributed by atoms with van der Waals surface area (Å²) >= 11 is 0. The lowest BCUT2D eigenvalue weighted by atomic mass is 9.95. The van der Waals surface area contributed by atoms with Crippen LogP contribution in [0.2, 0.25) is 0 Å². The van der Waals surface area contributed by atoms with Crippen LogP contribution in [0.4, 0.5) is 5.69 Å². The highest BCUT2D eigenvalue weighted by molar-refractivity contribution is 6.00. The second-order valence-electron chi connectivity index (χ2n) is 8.66. The molecule has 1 atom stereocenters. The standard InChI is InChI=1S/C25H26N4O3/c1-17-7-9-18(10-8-17)23-26-24(32-27-23)19-11-13-28(14-12-19)25(31)20-15-22(30)29(16-20)21-5-3-2-4-6-21/h2-10,19-20H,11-16H2,1H3/t20-/m0/s1. The zero-order valence-corrected chi connectivity index (χ0v) is 18.1. The maximum absolute atomic E-state index is 13.1. The number of piperidine rings is 1. The van der Waals surface area contributed by atoms with Crippen LogP contribution in [0.5, 0.6) is 0 Å². The quantitative estimate of drug-likeness (QED) is 0.629. The molecule has 0 unspecified atom stereocenters. The van der Waals surface area contributed by atoms with Gasteiger partial charge in [0.25, 0.3) is 0 Å². The van der Waals surface area contributed by atoms with Crippen LogP contribution in [0.3, 0.4) is 0 Å². The van der Waals surface area contributed by atoms with E-state index >= 15 is 0 Å². The van der Waals surface area contributed by atoms with E-state index in [2.05, 4.69) is 10.1 Å². The lowest BCUT2D eigenvalue weighted by Gasteiger charge is -2.32. The molecule has 3 aromatic rings. The molecule has 2 fully saturated rings. The predicted molar refractivity (Wildman–Crippen MR) is 120 cm³/mol. The first-order valence-electron chi connectivity index (χ1n) is 11.1. The van der Waals surface area contributed by atoms with Crippen molar-refractivity contribution in [3.05, 3.63) is 66.1 Å². The molecule has 0 N–H and O–H groups in total. The Bertz CT molecular complexity index is 1100. The van der Waals surface area contributed by atoms with Gasteiger partial charge in [-0.3, -0.25) is 9.59 Å². The summed E-state index contributed by atoms with van der Waals surface area (Å²) in [5.74, 6) is 1.19. The van der Waals surface area contributed by atoms with E-state index in [1.54, 1.807) is 4.90 Å². The van der Waals surface area contributed by atoms with Crippen LogP contribution in [0.15, 0.2) is 59.1 Å². The van der Waals surface area contributed by atoms with Crippen molar-refractivity contribution in [2.75, 3.05) is 24.5 Å². The zero-order valence-electron chi connectivity index (χ0n) is 18.1. The van der Waals surface area contributed by atoms with Crippen LogP contribution >= 0.6 is 0 Å². The van der Waals surface area contributed by atoms with Gasteiger partial charge in [-0.05, 0) is 31.9 Å². The Labute approximate surface area is 187 Å². The van der Waals surface area contributed by atoms with E-state index in [1.165, 1.54) is 5.56 Å². The molecule has 164 valence electrons. The van der Waals surface area contributed by atoms with Crippen molar-refractivity contribution in [2.45, 2.75) is 32.1 Å². The van der Waals surface area contributed by atoms with Crippen molar-refractivity contribution in [1.82, 2.24) is 15.0 Å². The summed E-state index contributed by atoms with van der Waals surface area (Å²) in [5, 5.41) is 4.14. The largest absolute Gasteiger partial charge is 0.342 e. The molecular formula is C25H26N4O3. The number of para-hydroxylation sites is 1. The summed E-state index contributed by atoms with van der Waals surface area (Å²) in [5.41, 5.74) is 2.98. The number of aromatic nitrogens is 2. The van der Waals surface area contributed by atoms with E-state index in [0.29, 0.717) is 31.3 Å². The van der Waals surface area contributed by atoms with Crippen LogP contribution in [-0.4, -0.2) is 46.5 Å². The fraction of sp³-hybridized carbons (Fsp3) is 0.360. The summed E-state index contributed by atoms with van der Waals surface area (Å²) in [7, 11) is 0. The van der Waals surface area contributed by atoms with Gasteiger partial charge in [0.2, 0.25) is 23.5 Å². The van der Waals surface area contributed by atoms with E-state index in [0.717, 1.165) is 24.1 Å². The van der Waals surface area contributed by atoms with Crippen molar-refractivity contribution >= 4 is 17.5 Å². The topological polar surface area (TPSA) is 79.5 Å². The van der Waals surface area contributed by atoms with Crippen LogP contribution in [0, 0.1) is 12.8 Å². The predicted octanol–water partition coefficient (Wildman–Crippen LogP) is 3.80. The SMILES string of the molecule is Cc1ccc(-c2noc(C3CCN(C(=O)[C@H]4CC(=O)N(c5ccccc5)C4)CC3)n2)cc1. The molecule has 2 aliphatic rings. The first-order chi connectivity index (χ1) is 15.6. The van der Waals surface area contributed by atoms with Crippen molar-refractivity contribution in [2.24, 2.45) is 5.92 Å². The van der Waals surface area contributed by atoms with Crippen molar-refractivity contribution in [3.8, 4) is 11.4 Å². The van der Waals surface area contributed by atoms with Gasteiger partial charge in [0.15, 0.2) is 0 Å². The first kappa shape index (κ1) is 20.4. The number of likely N-dealkylation sites (tertiary alicyclic amines) is 1. The van der Waals surface area contributed by atoms with E-state index in [9.17, 15) is 9.59 Å². The lowest BCUT2D eigenvalue weighted by Crippen LogP contribution is -2.42. The molecule has 7 heteroatoms. The summed E-state index contributed by atoms with van der Waals surface area (Å²) in [4.78, 5) is 33.8. The van der Waals surface area contributed by atoms with Crippen LogP contribution < -0.4 is 4.90 Å². The maximum Gasteiger partial charge on any atom is 0.230 e.